The summed E-state index contributed by atoms with van der Waals surface area (Å²) in [4.78, 5) is 42.3. The molecule has 0 amide bonds. The maximum atomic E-state index is 15.1. The number of pyridine rings is 1. The van der Waals surface area contributed by atoms with Crippen LogP contribution in [-0.4, -0.2) is 42.7 Å². The monoisotopic (exact) mass is 705 g/mol. The smallest absolute Gasteiger partial charge is 0.339 e. The average molecular weight is 706 g/mol. The predicted octanol–water partition coefficient (Wildman–Crippen LogP) is 9.33. The van der Waals surface area contributed by atoms with Gasteiger partial charge in [0.2, 0.25) is 0 Å². The second-order valence-electron chi connectivity index (χ2n) is 12.6. The Hall–Kier alpha value is -5.70. The Kier molecular flexibility index (Phi) is 13.4. The number of hydrogen-bond acceptors (Lipinski definition) is 7. The van der Waals surface area contributed by atoms with Gasteiger partial charge in [0.1, 0.15) is 11.6 Å². The van der Waals surface area contributed by atoms with Gasteiger partial charge in [0, 0.05) is 23.5 Å². The molecule has 3 unspecified atom stereocenters. The van der Waals surface area contributed by atoms with Gasteiger partial charge in [-0.2, -0.15) is 0 Å². The van der Waals surface area contributed by atoms with Crippen LogP contribution in [0.2, 0.25) is 0 Å². The molecule has 1 aromatic heterocycles. The largest absolute Gasteiger partial charge is 0.465 e. The van der Waals surface area contributed by atoms with Crippen molar-refractivity contribution in [3.63, 3.8) is 0 Å². The summed E-state index contributed by atoms with van der Waals surface area (Å²) in [6.07, 6.45) is 4.25. The quantitative estimate of drug-likeness (QED) is 0.0747. The van der Waals surface area contributed by atoms with Crippen LogP contribution in [0.3, 0.4) is 0 Å². The Morgan fingerprint density at radius 2 is 1.23 bits per heavy atom. The molecule has 3 atom stereocenters. The molecule has 7 nitrogen and oxygen atoms in total. The minimum atomic E-state index is -0.827. The molecule has 52 heavy (non-hydrogen) atoms. The molecule has 0 bridgehead atoms. The van der Waals surface area contributed by atoms with Gasteiger partial charge >= 0.3 is 17.9 Å². The lowest BCUT2D eigenvalue weighted by atomic mass is 9.96. The van der Waals surface area contributed by atoms with Crippen LogP contribution in [0.1, 0.15) is 66.4 Å². The minimum Gasteiger partial charge on any atom is -0.465 e. The highest BCUT2D eigenvalue weighted by molar-refractivity contribution is 5.88. The Morgan fingerprint density at radius 3 is 1.87 bits per heavy atom. The van der Waals surface area contributed by atoms with Crippen molar-refractivity contribution >= 4 is 17.9 Å². The molecule has 5 rings (SSSR count). The second-order valence-corrected chi connectivity index (χ2v) is 12.6. The number of nitrogens with zero attached hydrogens (tertiary/aromatic N) is 1. The van der Waals surface area contributed by atoms with E-state index in [1.807, 2.05) is 30.3 Å². The second kappa shape index (κ2) is 18.5. The van der Waals surface area contributed by atoms with E-state index in [4.69, 9.17) is 14.2 Å². The molecular weight excluding hydrogens is 664 g/mol. The van der Waals surface area contributed by atoms with Crippen molar-refractivity contribution < 1.29 is 37.4 Å². The number of carbonyl (C=O) groups is 3. The van der Waals surface area contributed by atoms with E-state index in [9.17, 15) is 18.8 Å². The molecule has 5 aromatic rings. The Balaban J connectivity index is 1.14. The number of carbonyl (C=O) groups excluding carboxylic acids is 3. The van der Waals surface area contributed by atoms with Crippen molar-refractivity contribution in [3.8, 4) is 22.3 Å². The number of hydrogen-bond donors (Lipinski definition) is 0. The number of rotatable bonds is 16. The topological polar surface area (TPSA) is 91.8 Å². The minimum absolute atomic E-state index is 0.0484. The van der Waals surface area contributed by atoms with Crippen LogP contribution >= 0.6 is 0 Å². The number of esters is 3. The molecule has 0 aliphatic carbocycles. The van der Waals surface area contributed by atoms with Crippen LogP contribution in [-0.2, 0) is 23.8 Å². The average Bonchev–Trinajstić information content (AvgIpc) is 3.18. The first-order chi connectivity index (χ1) is 25.2. The van der Waals surface area contributed by atoms with Gasteiger partial charge in [-0.05, 0) is 85.5 Å². The number of halogens is 2. The third-order valence-corrected chi connectivity index (χ3v) is 9.07. The van der Waals surface area contributed by atoms with Gasteiger partial charge in [0.05, 0.1) is 37.2 Å². The number of ether oxygens (including phenoxy) is 3. The zero-order valence-electron chi connectivity index (χ0n) is 29.2. The summed E-state index contributed by atoms with van der Waals surface area (Å²) in [6.45, 7) is 3.59. The van der Waals surface area contributed by atoms with Crippen LogP contribution in [0, 0.1) is 17.6 Å². The SMILES string of the molecule is CC(C(=O)OCCC(CCOC(=O)c1cccnc1)CCOC(=O)C(C)c1ccc(-c2ccccc2)cc1F)c1ccc(-c2ccccc2F)cc1. The highest BCUT2D eigenvalue weighted by Gasteiger charge is 2.23. The molecule has 1 heterocycles. The molecule has 0 aliphatic rings. The van der Waals surface area contributed by atoms with Crippen molar-refractivity contribution in [1.29, 1.82) is 0 Å². The van der Waals surface area contributed by atoms with E-state index in [0.29, 0.717) is 41.5 Å². The highest BCUT2D eigenvalue weighted by atomic mass is 19.1. The number of benzene rings is 4. The number of aromatic nitrogens is 1. The van der Waals surface area contributed by atoms with E-state index in [1.54, 1.807) is 86.8 Å². The predicted molar refractivity (Wildman–Crippen MR) is 194 cm³/mol. The Labute approximate surface area is 302 Å². The molecule has 268 valence electrons. The van der Waals surface area contributed by atoms with Crippen LogP contribution in [0.4, 0.5) is 8.78 Å². The maximum Gasteiger partial charge on any atom is 0.339 e. The lowest BCUT2D eigenvalue weighted by Gasteiger charge is -2.19. The molecule has 0 aliphatic heterocycles. The van der Waals surface area contributed by atoms with Crippen LogP contribution in [0.5, 0.6) is 0 Å². The third-order valence-electron chi connectivity index (χ3n) is 9.07. The first-order valence-corrected chi connectivity index (χ1v) is 17.3. The van der Waals surface area contributed by atoms with Gasteiger partial charge in [-0.15, -0.1) is 0 Å². The fourth-order valence-corrected chi connectivity index (χ4v) is 5.82. The van der Waals surface area contributed by atoms with Gasteiger partial charge in [-0.3, -0.25) is 14.6 Å². The van der Waals surface area contributed by atoms with Crippen LogP contribution in [0.15, 0.2) is 122 Å². The van der Waals surface area contributed by atoms with E-state index in [0.717, 1.165) is 11.1 Å². The first kappa shape index (κ1) is 37.6. The van der Waals surface area contributed by atoms with Crippen molar-refractivity contribution in [2.45, 2.75) is 44.9 Å². The van der Waals surface area contributed by atoms with E-state index < -0.39 is 35.6 Å². The normalized spacial score (nSPS) is 12.7. The molecule has 0 radical (unpaired) electrons. The zero-order valence-corrected chi connectivity index (χ0v) is 29.2. The molecule has 0 saturated carbocycles. The third kappa shape index (κ3) is 10.2. The molecule has 4 aromatic carbocycles. The van der Waals surface area contributed by atoms with Gasteiger partial charge < -0.3 is 14.2 Å². The zero-order chi connectivity index (χ0) is 36.9. The van der Waals surface area contributed by atoms with Gasteiger partial charge in [0.25, 0.3) is 0 Å². The lowest BCUT2D eigenvalue weighted by Crippen LogP contribution is -2.19. The van der Waals surface area contributed by atoms with Gasteiger partial charge in [-0.25, -0.2) is 13.6 Å². The van der Waals surface area contributed by atoms with E-state index in [-0.39, 0.29) is 37.1 Å². The van der Waals surface area contributed by atoms with Crippen molar-refractivity contribution in [2.75, 3.05) is 19.8 Å². The molecule has 0 spiro atoms. The van der Waals surface area contributed by atoms with E-state index in [2.05, 4.69) is 4.98 Å². The van der Waals surface area contributed by atoms with Gasteiger partial charge in [-0.1, -0.05) is 84.9 Å². The summed E-state index contributed by atoms with van der Waals surface area (Å²) in [5, 5.41) is 0. The summed E-state index contributed by atoms with van der Waals surface area (Å²) in [6, 6.07) is 31.1. The fraction of sp³-hybridized carbons (Fsp3) is 0.256. The summed E-state index contributed by atoms with van der Waals surface area (Å²) < 4.78 is 46.0. The summed E-state index contributed by atoms with van der Waals surface area (Å²) >= 11 is 0. The van der Waals surface area contributed by atoms with E-state index in [1.165, 1.54) is 18.3 Å². The Bertz CT molecular complexity index is 1940. The Morgan fingerprint density at radius 1 is 0.615 bits per heavy atom. The molecule has 9 heteroatoms. The summed E-state index contributed by atoms with van der Waals surface area (Å²) in [7, 11) is 0. The van der Waals surface area contributed by atoms with Crippen LogP contribution in [0.25, 0.3) is 22.3 Å². The molecule has 0 N–H and O–H groups in total. The van der Waals surface area contributed by atoms with Gasteiger partial charge in [0.15, 0.2) is 0 Å². The van der Waals surface area contributed by atoms with Crippen molar-refractivity contribution in [3.05, 3.63) is 150 Å². The summed E-state index contributed by atoms with van der Waals surface area (Å²) in [5.74, 6) is -3.81. The lowest BCUT2D eigenvalue weighted by molar-refractivity contribution is -0.145. The maximum absolute atomic E-state index is 15.1. The molecular formula is C43H41F2NO6. The highest BCUT2D eigenvalue weighted by Crippen LogP contribution is 2.28. The summed E-state index contributed by atoms with van der Waals surface area (Å²) in [5.41, 5.74) is 4.07. The fourth-order valence-electron chi connectivity index (χ4n) is 5.82. The standard InChI is InChI=1S/C43H41F2NO6/c1-29(32-14-16-34(17-15-32)38-12-6-7-13-39(38)44)41(47)50-24-20-31(22-26-52-43(49)36-11-8-23-46-28-36)21-25-51-42(48)30(2)37-19-18-35(27-40(37)45)33-9-4-3-5-10-33/h3-19,23,27-31H,20-22,24-26H2,1-2H3. The van der Waals surface area contributed by atoms with E-state index >= 15 is 4.39 Å². The van der Waals surface area contributed by atoms with Crippen molar-refractivity contribution in [2.24, 2.45) is 5.92 Å². The molecule has 0 fully saturated rings. The van der Waals surface area contributed by atoms with Crippen LogP contribution < -0.4 is 0 Å². The first-order valence-electron chi connectivity index (χ1n) is 17.3. The van der Waals surface area contributed by atoms with Crippen molar-refractivity contribution in [1.82, 2.24) is 4.98 Å². The molecule has 0 saturated heterocycles.